The Balaban J connectivity index is 2.20. The van der Waals surface area contributed by atoms with Crippen molar-refractivity contribution in [3.63, 3.8) is 0 Å². The number of benzene rings is 1. The minimum absolute atomic E-state index is 0.138. The molecule has 1 unspecified atom stereocenters. The zero-order valence-electron chi connectivity index (χ0n) is 10.0. The first kappa shape index (κ1) is 13.8. The smallest absolute Gasteiger partial charge is 0.0762 e. The van der Waals surface area contributed by atoms with Crippen LogP contribution < -0.4 is 5.32 Å². The molecule has 2 aromatic rings. The first-order chi connectivity index (χ1) is 8.70. The fourth-order valence-corrected chi connectivity index (χ4v) is 2.46. The summed E-state index contributed by atoms with van der Waals surface area (Å²) in [7, 11) is 1.93. The van der Waals surface area contributed by atoms with Crippen molar-refractivity contribution in [2.75, 3.05) is 7.05 Å². The number of likely N-dealkylation sites (N-methyl/N-ethyl adjacent to an activating group) is 1. The van der Waals surface area contributed by atoms with Crippen molar-refractivity contribution in [2.45, 2.75) is 12.5 Å². The Labute approximate surface area is 126 Å². The second kappa shape index (κ2) is 6.50. The maximum Gasteiger partial charge on any atom is 0.0762 e. The number of rotatable bonds is 4. The third-order valence-electron chi connectivity index (χ3n) is 2.82. The van der Waals surface area contributed by atoms with Gasteiger partial charge in [0, 0.05) is 9.77 Å². The topological polar surface area (TPSA) is 24.9 Å². The molecule has 18 heavy (non-hydrogen) atoms. The van der Waals surface area contributed by atoms with Gasteiger partial charge in [-0.3, -0.25) is 4.98 Å². The third kappa shape index (κ3) is 3.43. The second-order valence-electron chi connectivity index (χ2n) is 4.04. The summed E-state index contributed by atoms with van der Waals surface area (Å²) in [6.45, 7) is 0. The standard InChI is InChI=1S/C14H14ClIN2/c1-17-13(14-12(15)3-2-8-18-14)9-10-4-6-11(16)7-5-10/h2-8,13,17H,9H2,1H3. The zero-order valence-corrected chi connectivity index (χ0v) is 12.9. The molecule has 0 fully saturated rings. The molecule has 0 aliphatic carbocycles. The van der Waals surface area contributed by atoms with Gasteiger partial charge in [0.15, 0.2) is 0 Å². The molecule has 94 valence electrons. The van der Waals surface area contributed by atoms with Crippen molar-refractivity contribution < 1.29 is 0 Å². The minimum Gasteiger partial charge on any atom is -0.311 e. The Bertz CT molecular complexity index is 513. The number of nitrogens with one attached hydrogen (secondary N) is 1. The first-order valence-corrected chi connectivity index (χ1v) is 7.18. The van der Waals surface area contributed by atoms with E-state index in [1.165, 1.54) is 9.13 Å². The molecule has 2 nitrogen and oxygen atoms in total. The Morgan fingerprint density at radius 1 is 1.28 bits per heavy atom. The zero-order chi connectivity index (χ0) is 13.0. The lowest BCUT2D eigenvalue weighted by Crippen LogP contribution is -2.20. The molecule has 1 heterocycles. The first-order valence-electron chi connectivity index (χ1n) is 5.73. The minimum atomic E-state index is 0.138. The molecule has 1 aromatic carbocycles. The van der Waals surface area contributed by atoms with Crippen LogP contribution in [0.5, 0.6) is 0 Å². The summed E-state index contributed by atoms with van der Waals surface area (Å²) >= 11 is 8.49. The second-order valence-corrected chi connectivity index (χ2v) is 5.70. The van der Waals surface area contributed by atoms with Gasteiger partial charge in [0.05, 0.1) is 16.8 Å². The molecule has 0 spiro atoms. The predicted molar refractivity (Wildman–Crippen MR) is 83.9 cm³/mol. The van der Waals surface area contributed by atoms with Crippen LogP contribution in [0.4, 0.5) is 0 Å². The van der Waals surface area contributed by atoms with Crippen LogP contribution in [-0.4, -0.2) is 12.0 Å². The van der Waals surface area contributed by atoms with E-state index in [4.69, 9.17) is 11.6 Å². The van der Waals surface area contributed by atoms with Crippen LogP contribution in [0.25, 0.3) is 0 Å². The Kier molecular flexibility index (Phi) is 4.97. The number of hydrogen-bond acceptors (Lipinski definition) is 2. The van der Waals surface area contributed by atoms with Gasteiger partial charge >= 0.3 is 0 Å². The summed E-state index contributed by atoms with van der Waals surface area (Å²) in [5, 5.41) is 3.98. The normalized spacial score (nSPS) is 12.4. The van der Waals surface area contributed by atoms with E-state index in [1.54, 1.807) is 6.20 Å². The van der Waals surface area contributed by atoms with Crippen LogP contribution in [0.15, 0.2) is 42.6 Å². The van der Waals surface area contributed by atoms with Gasteiger partial charge in [-0.25, -0.2) is 0 Å². The van der Waals surface area contributed by atoms with E-state index in [9.17, 15) is 0 Å². The molecule has 1 atom stereocenters. The quantitative estimate of drug-likeness (QED) is 0.825. The third-order valence-corrected chi connectivity index (χ3v) is 3.86. The van der Waals surface area contributed by atoms with Crippen LogP contribution in [-0.2, 0) is 6.42 Å². The molecule has 1 N–H and O–H groups in total. The van der Waals surface area contributed by atoms with E-state index < -0.39 is 0 Å². The highest BCUT2D eigenvalue weighted by Crippen LogP contribution is 2.23. The van der Waals surface area contributed by atoms with Crippen LogP contribution in [0, 0.1) is 3.57 Å². The number of hydrogen-bond donors (Lipinski definition) is 1. The molecule has 4 heteroatoms. The summed E-state index contributed by atoms with van der Waals surface area (Å²) in [6, 6.07) is 12.4. The molecule has 0 amide bonds. The fraction of sp³-hybridized carbons (Fsp3) is 0.214. The van der Waals surface area contributed by atoms with E-state index in [1.807, 2.05) is 19.2 Å². The van der Waals surface area contributed by atoms with Gasteiger partial charge in [-0.2, -0.15) is 0 Å². The number of pyridine rings is 1. The van der Waals surface area contributed by atoms with E-state index in [0.29, 0.717) is 5.02 Å². The Morgan fingerprint density at radius 2 is 2.00 bits per heavy atom. The summed E-state index contributed by atoms with van der Waals surface area (Å²) in [5.41, 5.74) is 2.18. The van der Waals surface area contributed by atoms with E-state index in [-0.39, 0.29) is 6.04 Å². The maximum atomic E-state index is 6.19. The van der Waals surface area contributed by atoms with Gasteiger partial charge in [0.25, 0.3) is 0 Å². The van der Waals surface area contributed by atoms with E-state index in [2.05, 4.69) is 57.2 Å². The average molecular weight is 373 g/mol. The van der Waals surface area contributed by atoms with Gasteiger partial charge in [-0.15, -0.1) is 0 Å². The monoisotopic (exact) mass is 372 g/mol. The summed E-state index contributed by atoms with van der Waals surface area (Å²) in [4.78, 5) is 4.37. The van der Waals surface area contributed by atoms with Crippen molar-refractivity contribution in [3.05, 3.63) is 62.4 Å². The fourth-order valence-electron chi connectivity index (χ4n) is 1.85. The van der Waals surface area contributed by atoms with Crippen molar-refractivity contribution in [1.82, 2.24) is 10.3 Å². The molecule has 0 radical (unpaired) electrons. The molecule has 1 aromatic heterocycles. The van der Waals surface area contributed by atoms with Crippen molar-refractivity contribution >= 4 is 34.2 Å². The maximum absolute atomic E-state index is 6.19. The number of nitrogens with zero attached hydrogens (tertiary/aromatic N) is 1. The summed E-state index contributed by atoms with van der Waals surface area (Å²) < 4.78 is 1.24. The predicted octanol–water partition coefficient (Wildman–Crippen LogP) is 3.84. The van der Waals surface area contributed by atoms with Gasteiger partial charge in [-0.1, -0.05) is 23.7 Å². The van der Waals surface area contributed by atoms with Gasteiger partial charge < -0.3 is 5.32 Å². The highest BCUT2D eigenvalue weighted by atomic mass is 127. The van der Waals surface area contributed by atoms with Crippen molar-refractivity contribution in [1.29, 1.82) is 0 Å². The van der Waals surface area contributed by atoms with Crippen molar-refractivity contribution in [3.8, 4) is 0 Å². The Morgan fingerprint density at radius 3 is 2.61 bits per heavy atom. The molecule has 0 aliphatic rings. The lowest BCUT2D eigenvalue weighted by atomic mass is 10.0. The van der Waals surface area contributed by atoms with Gasteiger partial charge in [-0.05, 0) is 65.9 Å². The van der Waals surface area contributed by atoms with Crippen LogP contribution in [0.1, 0.15) is 17.3 Å². The number of aromatic nitrogens is 1. The number of halogens is 2. The Hall–Kier alpha value is -0.650. The van der Waals surface area contributed by atoms with Gasteiger partial charge in [0.1, 0.15) is 0 Å². The van der Waals surface area contributed by atoms with Crippen molar-refractivity contribution in [2.24, 2.45) is 0 Å². The lowest BCUT2D eigenvalue weighted by molar-refractivity contribution is 0.576. The molecule has 0 saturated heterocycles. The van der Waals surface area contributed by atoms with Gasteiger partial charge in [0.2, 0.25) is 0 Å². The van der Waals surface area contributed by atoms with E-state index in [0.717, 1.165) is 12.1 Å². The molecule has 0 bridgehead atoms. The van der Waals surface area contributed by atoms with Crippen LogP contribution >= 0.6 is 34.2 Å². The molecule has 0 saturated carbocycles. The summed E-state index contributed by atoms with van der Waals surface area (Å²) in [6.07, 6.45) is 2.66. The highest BCUT2D eigenvalue weighted by Gasteiger charge is 2.14. The SMILES string of the molecule is CNC(Cc1ccc(I)cc1)c1ncccc1Cl. The van der Waals surface area contributed by atoms with Crippen LogP contribution in [0.3, 0.4) is 0 Å². The molecule has 0 aliphatic heterocycles. The molecule has 2 rings (SSSR count). The lowest BCUT2D eigenvalue weighted by Gasteiger charge is -2.16. The average Bonchev–Trinajstić information content (AvgIpc) is 2.39. The molecular formula is C14H14ClIN2. The van der Waals surface area contributed by atoms with Crippen LogP contribution in [0.2, 0.25) is 5.02 Å². The molecular weight excluding hydrogens is 359 g/mol. The summed E-state index contributed by atoms with van der Waals surface area (Å²) in [5.74, 6) is 0. The largest absolute Gasteiger partial charge is 0.311 e. The van der Waals surface area contributed by atoms with E-state index >= 15 is 0 Å². The highest BCUT2D eigenvalue weighted by molar-refractivity contribution is 14.1.